The number of carbonyl (C=O) groups is 3. The minimum absolute atomic E-state index is 0.0613. The average Bonchev–Trinajstić information content (AvgIpc) is 3.29. The summed E-state index contributed by atoms with van der Waals surface area (Å²) in [5.41, 5.74) is 1.66. The van der Waals surface area contributed by atoms with Crippen LogP contribution in [0.25, 0.3) is 6.08 Å². The van der Waals surface area contributed by atoms with Crippen molar-refractivity contribution in [1.29, 1.82) is 0 Å². The molecular weight excluding hydrogens is 388 g/mol. The van der Waals surface area contributed by atoms with Crippen LogP contribution in [0.4, 0.5) is 16.4 Å². The number of nitrogens with one attached hydrogen (secondary N) is 2. The molecule has 4 amide bonds. The van der Waals surface area contributed by atoms with Gasteiger partial charge < -0.3 is 24.7 Å². The standard InChI is InChI=1S/C21H22N4O5/c1-14-3-2-4-15(11-14)22-18(26)13-25-20(27)17(23-21(25)28)12-16-5-6-19(30-16)24-7-9-29-10-8-24/h2-6,11-12H,7-10,13H2,1H3,(H,22,26)(H,23,28)/b17-12+. The fourth-order valence-electron chi connectivity index (χ4n) is 3.30. The van der Waals surface area contributed by atoms with Gasteiger partial charge in [-0.3, -0.25) is 9.59 Å². The van der Waals surface area contributed by atoms with Gasteiger partial charge in [0.05, 0.1) is 13.2 Å². The first-order valence-electron chi connectivity index (χ1n) is 9.63. The van der Waals surface area contributed by atoms with E-state index in [1.807, 2.05) is 30.0 Å². The van der Waals surface area contributed by atoms with Crippen LogP contribution in [0.15, 0.2) is 46.5 Å². The molecule has 4 rings (SSSR count). The number of nitrogens with zero attached hydrogens (tertiary/aromatic N) is 2. The first-order chi connectivity index (χ1) is 14.5. The smallest absolute Gasteiger partial charge is 0.329 e. The Labute approximate surface area is 173 Å². The van der Waals surface area contributed by atoms with Crippen molar-refractivity contribution in [2.24, 2.45) is 0 Å². The minimum Gasteiger partial charge on any atom is -0.441 e. The summed E-state index contributed by atoms with van der Waals surface area (Å²) in [7, 11) is 0. The van der Waals surface area contributed by atoms with E-state index < -0.39 is 17.8 Å². The van der Waals surface area contributed by atoms with Crippen LogP contribution in [-0.4, -0.2) is 55.6 Å². The number of hydrogen-bond donors (Lipinski definition) is 2. The summed E-state index contributed by atoms with van der Waals surface area (Å²) in [6.45, 7) is 4.24. The molecule has 3 heterocycles. The molecule has 0 aliphatic carbocycles. The molecule has 0 spiro atoms. The molecule has 0 saturated carbocycles. The minimum atomic E-state index is -0.648. The van der Waals surface area contributed by atoms with Gasteiger partial charge in [0.2, 0.25) is 5.91 Å². The Morgan fingerprint density at radius 1 is 1.20 bits per heavy atom. The molecule has 0 unspecified atom stereocenters. The molecular formula is C21H22N4O5. The van der Waals surface area contributed by atoms with Gasteiger partial charge in [-0.1, -0.05) is 12.1 Å². The van der Waals surface area contributed by atoms with Crippen LogP contribution in [0.5, 0.6) is 0 Å². The van der Waals surface area contributed by atoms with Crippen LogP contribution in [0.1, 0.15) is 11.3 Å². The third kappa shape index (κ3) is 4.36. The fourth-order valence-corrected chi connectivity index (χ4v) is 3.30. The Morgan fingerprint density at radius 2 is 2.00 bits per heavy atom. The number of urea groups is 1. The molecule has 156 valence electrons. The lowest BCUT2D eigenvalue weighted by Crippen LogP contribution is -2.38. The number of hydrogen-bond acceptors (Lipinski definition) is 6. The molecule has 1 aromatic carbocycles. The van der Waals surface area contributed by atoms with E-state index in [2.05, 4.69) is 10.6 Å². The fraction of sp³-hybridized carbons (Fsp3) is 0.286. The molecule has 0 radical (unpaired) electrons. The third-order valence-electron chi connectivity index (χ3n) is 4.79. The van der Waals surface area contributed by atoms with E-state index in [0.29, 0.717) is 30.5 Å². The van der Waals surface area contributed by atoms with Gasteiger partial charge in [-0.25, -0.2) is 9.69 Å². The maximum atomic E-state index is 12.6. The number of benzene rings is 1. The summed E-state index contributed by atoms with van der Waals surface area (Å²) < 4.78 is 11.1. The second kappa shape index (κ2) is 8.42. The number of imide groups is 1. The summed E-state index contributed by atoms with van der Waals surface area (Å²) in [6.07, 6.45) is 1.46. The quantitative estimate of drug-likeness (QED) is 0.577. The Morgan fingerprint density at radius 3 is 2.77 bits per heavy atom. The zero-order chi connectivity index (χ0) is 21.1. The highest BCUT2D eigenvalue weighted by molar-refractivity contribution is 6.15. The number of carbonyl (C=O) groups excluding carboxylic acids is 3. The van der Waals surface area contributed by atoms with Gasteiger partial charge in [-0.2, -0.15) is 0 Å². The maximum Gasteiger partial charge on any atom is 0.329 e. The van der Waals surface area contributed by atoms with E-state index in [0.717, 1.165) is 23.6 Å². The van der Waals surface area contributed by atoms with Gasteiger partial charge in [0.1, 0.15) is 18.0 Å². The monoisotopic (exact) mass is 410 g/mol. The third-order valence-corrected chi connectivity index (χ3v) is 4.79. The molecule has 9 nitrogen and oxygen atoms in total. The molecule has 2 saturated heterocycles. The molecule has 2 fully saturated rings. The highest BCUT2D eigenvalue weighted by Crippen LogP contribution is 2.22. The highest BCUT2D eigenvalue weighted by atomic mass is 16.5. The lowest BCUT2D eigenvalue weighted by atomic mass is 10.2. The van der Waals surface area contributed by atoms with E-state index in [1.54, 1.807) is 18.2 Å². The molecule has 30 heavy (non-hydrogen) atoms. The second-order valence-electron chi connectivity index (χ2n) is 7.07. The van der Waals surface area contributed by atoms with Crippen molar-refractivity contribution < 1.29 is 23.5 Å². The van der Waals surface area contributed by atoms with E-state index in [4.69, 9.17) is 9.15 Å². The average molecular weight is 410 g/mol. The number of aryl methyl sites for hydroxylation is 1. The number of amides is 4. The molecule has 2 aromatic rings. The number of morpholine rings is 1. The first kappa shape index (κ1) is 19.7. The topological polar surface area (TPSA) is 104 Å². The Hall–Kier alpha value is -3.59. The van der Waals surface area contributed by atoms with Crippen LogP contribution in [0.3, 0.4) is 0 Å². The van der Waals surface area contributed by atoms with Crippen LogP contribution in [0.2, 0.25) is 0 Å². The molecule has 2 aliphatic rings. The second-order valence-corrected chi connectivity index (χ2v) is 7.07. The molecule has 0 atom stereocenters. The number of ether oxygens (including phenoxy) is 1. The molecule has 9 heteroatoms. The van der Waals surface area contributed by atoms with Crippen molar-refractivity contribution in [3.05, 3.63) is 53.4 Å². The van der Waals surface area contributed by atoms with Gasteiger partial charge in [-0.15, -0.1) is 0 Å². The predicted octanol–water partition coefficient (Wildman–Crippen LogP) is 1.96. The summed E-state index contributed by atoms with van der Waals surface area (Å²) in [4.78, 5) is 40.0. The maximum absolute atomic E-state index is 12.6. The van der Waals surface area contributed by atoms with Crippen LogP contribution in [-0.2, 0) is 14.3 Å². The zero-order valence-corrected chi connectivity index (χ0v) is 16.5. The summed E-state index contributed by atoms with van der Waals surface area (Å²) in [6, 6.07) is 10.2. The normalized spacial score (nSPS) is 18.1. The molecule has 2 aliphatic heterocycles. The van der Waals surface area contributed by atoms with E-state index in [9.17, 15) is 14.4 Å². The van der Waals surface area contributed by atoms with E-state index >= 15 is 0 Å². The molecule has 0 bridgehead atoms. The van der Waals surface area contributed by atoms with Crippen molar-refractivity contribution >= 4 is 35.5 Å². The Kier molecular flexibility index (Phi) is 5.53. The van der Waals surface area contributed by atoms with Crippen LogP contribution in [0, 0.1) is 6.92 Å². The Bertz CT molecular complexity index is 1010. The van der Waals surface area contributed by atoms with Crippen molar-refractivity contribution in [2.75, 3.05) is 43.1 Å². The number of rotatable bonds is 5. The molecule has 2 N–H and O–H groups in total. The van der Waals surface area contributed by atoms with E-state index in [1.165, 1.54) is 6.08 Å². The van der Waals surface area contributed by atoms with Crippen molar-refractivity contribution in [2.45, 2.75) is 6.92 Å². The van der Waals surface area contributed by atoms with Gasteiger partial charge in [0, 0.05) is 30.9 Å². The van der Waals surface area contributed by atoms with Gasteiger partial charge in [-0.05, 0) is 30.7 Å². The first-order valence-corrected chi connectivity index (χ1v) is 9.63. The number of furan rings is 1. The summed E-state index contributed by atoms with van der Waals surface area (Å²) in [5.74, 6) is 0.0733. The van der Waals surface area contributed by atoms with Crippen molar-refractivity contribution in [3.63, 3.8) is 0 Å². The number of anilines is 2. The Balaban J connectivity index is 1.41. The molecule has 1 aromatic heterocycles. The summed E-state index contributed by atoms with van der Waals surface area (Å²) in [5, 5.41) is 5.18. The SMILES string of the molecule is Cc1cccc(NC(=O)CN2C(=O)N/C(=C/c3ccc(N4CCOCC4)o3)C2=O)c1. The predicted molar refractivity (Wildman–Crippen MR) is 110 cm³/mol. The van der Waals surface area contributed by atoms with Crippen LogP contribution >= 0.6 is 0 Å². The van der Waals surface area contributed by atoms with Crippen LogP contribution < -0.4 is 15.5 Å². The van der Waals surface area contributed by atoms with Gasteiger partial charge in [0.15, 0.2) is 5.88 Å². The van der Waals surface area contributed by atoms with Crippen molar-refractivity contribution in [3.8, 4) is 0 Å². The largest absolute Gasteiger partial charge is 0.441 e. The summed E-state index contributed by atoms with van der Waals surface area (Å²) >= 11 is 0. The lowest BCUT2D eigenvalue weighted by Gasteiger charge is -2.26. The van der Waals surface area contributed by atoms with E-state index in [-0.39, 0.29) is 12.2 Å². The lowest BCUT2D eigenvalue weighted by molar-refractivity contribution is -0.127. The zero-order valence-electron chi connectivity index (χ0n) is 16.5. The highest BCUT2D eigenvalue weighted by Gasteiger charge is 2.35. The van der Waals surface area contributed by atoms with Gasteiger partial charge >= 0.3 is 6.03 Å². The van der Waals surface area contributed by atoms with Gasteiger partial charge in [0.25, 0.3) is 5.91 Å². The van der Waals surface area contributed by atoms with Crippen molar-refractivity contribution in [1.82, 2.24) is 10.2 Å².